The van der Waals surface area contributed by atoms with Gasteiger partial charge in [-0.1, -0.05) is 74.1 Å². The van der Waals surface area contributed by atoms with Gasteiger partial charge >= 0.3 is 0 Å². The third-order valence-electron chi connectivity index (χ3n) is 6.26. The number of benzene rings is 2. The lowest BCUT2D eigenvalue weighted by Crippen LogP contribution is -2.21. The lowest BCUT2D eigenvalue weighted by molar-refractivity contribution is 0.0962. The summed E-state index contributed by atoms with van der Waals surface area (Å²) in [5, 5.41) is 5.23. The summed E-state index contributed by atoms with van der Waals surface area (Å²) in [5.41, 5.74) is 6.55. The van der Waals surface area contributed by atoms with Gasteiger partial charge in [0.2, 0.25) is 5.16 Å². The van der Waals surface area contributed by atoms with E-state index in [1.807, 2.05) is 18.3 Å². The molecule has 2 aromatic heterocycles. The topological polar surface area (TPSA) is 60.1 Å². The molecule has 1 atom stereocenters. The van der Waals surface area contributed by atoms with Crippen LogP contribution in [0.25, 0.3) is 5.78 Å². The van der Waals surface area contributed by atoms with E-state index in [0.29, 0.717) is 28.8 Å². The molecule has 0 aliphatic heterocycles. The van der Waals surface area contributed by atoms with Crippen LogP contribution in [0.1, 0.15) is 70.4 Å². The number of aryl methyl sites for hydroxylation is 1. The first-order valence-corrected chi connectivity index (χ1v) is 12.0. The summed E-state index contributed by atoms with van der Waals surface area (Å²) in [4.78, 5) is 22.3. The zero-order valence-corrected chi connectivity index (χ0v) is 19.4. The van der Waals surface area contributed by atoms with Gasteiger partial charge in [-0.05, 0) is 47.4 Å². The Bertz CT molecular complexity index is 1290. The number of fused-ring (bicyclic) bond motifs is 2. The Morgan fingerprint density at radius 3 is 2.59 bits per heavy atom. The van der Waals surface area contributed by atoms with Crippen molar-refractivity contribution in [2.45, 2.75) is 56.4 Å². The van der Waals surface area contributed by atoms with E-state index in [1.165, 1.54) is 22.3 Å². The molecule has 0 fully saturated rings. The normalized spacial score (nSPS) is 16.0. The van der Waals surface area contributed by atoms with Gasteiger partial charge in [-0.25, -0.2) is 9.50 Å². The molecule has 2 aromatic carbocycles. The third-order valence-corrected chi connectivity index (χ3v) is 7.14. The summed E-state index contributed by atoms with van der Waals surface area (Å²) in [6.07, 6.45) is 3.06. The molecule has 5 rings (SSSR count). The minimum Gasteiger partial charge on any atom is -0.294 e. The lowest BCUT2D eigenvalue weighted by Gasteiger charge is -2.23. The predicted molar refractivity (Wildman–Crippen MR) is 127 cm³/mol. The van der Waals surface area contributed by atoms with Gasteiger partial charge in [0.1, 0.15) is 0 Å². The molecule has 2 heterocycles. The second-order valence-electron chi connectivity index (χ2n) is 8.81. The predicted octanol–water partition coefficient (Wildman–Crippen LogP) is 5.76. The molecule has 0 amide bonds. The Hall–Kier alpha value is -2.99. The highest BCUT2D eigenvalue weighted by Gasteiger charge is 2.28. The van der Waals surface area contributed by atoms with Gasteiger partial charge in [-0.15, -0.1) is 5.10 Å². The fraction of sp³-hybridized carbons (Fsp3) is 0.308. The van der Waals surface area contributed by atoms with Crippen molar-refractivity contribution in [3.63, 3.8) is 0 Å². The summed E-state index contributed by atoms with van der Waals surface area (Å²) in [6, 6.07) is 17.0. The van der Waals surface area contributed by atoms with Crippen LogP contribution in [0.15, 0.2) is 59.9 Å². The molecule has 162 valence electrons. The van der Waals surface area contributed by atoms with Crippen LogP contribution in [0.3, 0.4) is 0 Å². The summed E-state index contributed by atoms with van der Waals surface area (Å²) < 4.78 is 1.65. The smallest absolute Gasteiger partial charge is 0.253 e. The largest absolute Gasteiger partial charge is 0.294 e. The zero-order valence-electron chi connectivity index (χ0n) is 18.6. The summed E-state index contributed by atoms with van der Waals surface area (Å²) >= 11 is 1.59. The summed E-state index contributed by atoms with van der Waals surface area (Å²) in [7, 11) is 0. The number of carbonyl (C=O) groups excluding carboxylic acids is 1. The average molecular weight is 443 g/mol. The number of thioether (sulfide) groups is 1. The molecule has 0 saturated heterocycles. The molecular weight excluding hydrogens is 416 g/mol. The molecule has 0 bridgehead atoms. The number of aromatic nitrogens is 4. The zero-order chi connectivity index (χ0) is 22.2. The average Bonchev–Trinajstić information content (AvgIpc) is 3.19. The first-order chi connectivity index (χ1) is 15.5. The van der Waals surface area contributed by atoms with Crippen LogP contribution in [0.5, 0.6) is 0 Å². The summed E-state index contributed by atoms with van der Waals surface area (Å²) in [5.74, 6) is 2.14. The van der Waals surface area contributed by atoms with E-state index in [0.717, 1.165) is 17.9 Å². The van der Waals surface area contributed by atoms with Gasteiger partial charge in [0.05, 0.1) is 11.3 Å². The van der Waals surface area contributed by atoms with Crippen molar-refractivity contribution in [2.24, 2.45) is 0 Å². The Kier molecular flexibility index (Phi) is 5.55. The van der Waals surface area contributed by atoms with E-state index >= 15 is 0 Å². The van der Waals surface area contributed by atoms with Crippen molar-refractivity contribution in [2.75, 3.05) is 0 Å². The van der Waals surface area contributed by atoms with Gasteiger partial charge in [0.15, 0.2) is 5.78 Å². The highest BCUT2D eigenvalue weighted by molar-refractivity contribution is 7.98. The SMILES string of the molecule is Cc1ccccc1CSc1nc2nc3c(cn2n1)C(=O)C[C@H](c1ccc(C(C)C)cc1)C3. The van der Waals surface area contributed by atoms with Crippen LogP contribution >= 0.6 is 11.8 Å². The second kappa shape index (κ2) is 8.51. The molecule has 4 aromatic rings. The van der Waals surface area contributed by atoms with Crippen LogP contribution in [0.2, 0.25) is 0 Å². The van der Waals surface area contributed by atoms with E-state index in [2.05, 4.69) is 67.3 Å². The summed E-state index contributed by atoms with van der Waals surface area (Å²) in [6.45, 7) is 6.49. The van der Waals surface area contributed by atoms with Gasteiger partial charge in [-0.2, -0.15) is 4.98 Å². The maximum Gasteiger partial charge on any atom is 0.253 e. The molecule has 32 heavy (non-hydrogen) atoms. The molecule has 0 saturated carbocycles. The number of rotatable bonds is 5. The first kappa shape index (κ1) is 20.9. The second-order valence-corrected chi connectivity index (χ2v) is 9.75. The van der Waals surface area contributed by atoms with Gasteiger partial charge in [-0.3, -0.25) is 4.79 Å². The molecule has 1 aliphatic rings. The van der Waals surface area contributed by atoms with Crippen molar-refractivity contribution in [1.82, 2.24) is 19.6 Å². The Labute approximate surface area is 192 Å². The van der Waals surface area contributed by atoms with Crippen LogP contribution < -0.4 is 0 Å². The van der Waals surface area contributed by atoms with Crippen LogP contribution in [0.4, 0.5) is 0 Å². The minimum absolute atomic E-state index is 0.128. The van der Waals surface area contributed by atoms with Gasteiger partial charge in [0.25, 0.3) is 5.78 Å². The molecule has 1 aliphatic carbocycles. The van der Waals surface area contributed by atoms with E-state index in [4.69, 9.17) is 4.98 Å². The van der Waals surface area contributed by atoms with Crippen LogP contribution in [0, 0.1) is 6.92 Å². The highest BCUT2D eigenvalue weighted by atomic mass is 32.2. The highest BCUT2D eigenvalue weighted by Crippen LogP contribution is 2.33. The fourth-order valence-corrected chi connectivity index (χ4v) is 5.13. The Balaban J connectivity index is 1.38. The molecular formula is C26H26N4OS. The van der Waals surface area contributed by atoms with Crippen LogP contribution in [-0.2, 0) is 12.2 Å². The van der Waals surface area contributed by atoms with Crippen molar-refractivity contribution in [3.8, 4) is 0 Å². The standard InChI is InChI=1S/C26H26N4OS/c1-16(2)18-8-10-19(11-9-18)21-12-23-22(24(31)13-21)14-30-25(27-23)28-26(29-30)32-15-20-7-5-4-6-17(20)3/h4-11,14,16,21H,12-13,15H2,1-3H3/t21-/m1/s1. The molecule has 5 nitrogen and oxygen atoms in total. The molecule has 0 spiro atoms. The maximum absolute atomic E-state index is 12.9. The van der Waals surface area contributed by atoms with E-state index < -0.39 is 0 Å². The number of nitrogens with zero attached hydrogens (tertiary/aromatic N) is 4. The first-order valence-electron chi connectivity index (χ1n) is 11.0. The van der Waals surface area contributed by atoms with Crippen molar-refractivity contribution >= 4 is 23.3 Å². The van der Waals surface area contributed by atoms with E-state index in [9.17, 15) is 4.79 Å². The quantitative estimate of drug-likeness (QED) is 0.368. The van der Waals surface area contributed by atoms with E-state index in [-0.39, 0.29) is 11.7 Å². The van der Waals surface area contributed by atoms with Crippen molar-refractivity contribution in [1.29, 1.82) is 0 Å². The van der Waals surface area contributed by atoms with Crippen molar-refractivity contribution in [3.05, 3.63) is 88.2 Å². The number of hydrogen-bond donors (Lipinski definition) is 0. The molecule has 6 heteroatoms. The third kappa shape index (κ3) is 4.07. The number of Topliss-reactive ketones (excluding diaryl/α,β-unsaturated/α-hetero) is 1. The Morgan fingerprint density at radius 2 is 1.84 bits per heavy atom. The number of hydrogen-bond acceptors (Lipinski definition) is 5. The van der Waals surface area contributed by atoms with Crippen LogP contribution in [-0.4, -0.2) is 25.4 Å². The molecule has 0 unspecified atom stereocenters. The van der Waals surface area contributed by atoms with Gasteiger partial charge < -0.3 is 0 Å². The molecule has 0 N–H and O–H groups in total. The molecule has 0 radical (unpaired) electrons. The van der Waals surface area contributed by atoms with Gasteiger partial charge in [0, 0.05) is 18.4 Å². The fourth-order valence-electron chi connectivity index (χ4n) is 4.23. The Morgan fingerprint density at radius 1 is 1.06 bits per heavy atom. The monoisotopic (exact) mass is 442 g/mol. The lowest BCUT2D eigenvalue weighted by atomic mass is 9.81. The number of carbonyl (C=O) groups is 1. The number of ketones is 1. The maximum atomic E-state index is 12.9. The minimum atomic E-state index is 0.128. The van der Waals surface area contributed by atoms with E-state index in [1.54, 1.807) is 16.3 Å². The van der Waals surface area contributed by atoms with Crippen molar-refractivity contribution < 1.29 is 4.79 Å².